The Kier molecular flexibility index (Phi) is 2.45. The maximum Gasteiger partial charge on any atom is 0.104 e. The van der Waals surface area contributed by atoms with Gasteiger partial charge >= 0.3 is 0 Å². The second-order valence-electron chi connectivity index (χ2n) is 2.34. The highest BCUT2D eigenvalue weighted by molar-refractivity contribution is 4.67. The van der Waals surface area contributed by atoms with Crippen LogP contribution in [0.25, 0.3) is 0 Å². The van der Waals surface area contributed by atoms with E-state index in [0.29, 0.717) is 19.3 Å². The molecule has 54 valence electrons. The number of ether oxygens (including phenoxy) is 2. The van der Waals surface area contributed by atoms with Gasteiger partial charge in [-0.25, -0.2) is 0 Å². The second kappa shape index (κ2) is 3.15. The van der Waals surface area contributed by atoms with Gasteiger partial charge in [0.15, 0.2) is 0 Å². The van der Waals surface area contributed by atoms with Gasteiger partial charge in [0.05, 0.1) is 25.9 Å². The first kappa shape index (κ1) is 6.99. The first-order valence-corrected chi connectivity index (χ1v) is 3.16. The Bertz CT molecular complexity index is 76.4. The number of aliphatic hydroxyl groups excluding tert-OH is 1. The molecule has 9 heavy (non-hydrogen) atoms. The number of epoxide rings is 1. The van der Waals surface area contributed by atoms with Gasteiger partial charge in [-0.15, -0.1) is 0 Å². The van der Waals surface area contributed by atoms with Gasteiger partial charge in [-0.3, -0.25) is 0 Å². The standard InChI is InChI=1S/C6H12O3/c1-5(7)2-8-3-6-4-9-6/h5-7H,2-4H2,1H3/t5?,6-/m0/s1. The Labute approximate surface area is 54.6 Å². The lowest BCUT2D eigenvalue weighted by Crippen LogP contribution is -2.13. The van der Waals surface area contributed by atoms with E-state index >= 15 is 0 Å². The molecule has 1 N–H and O–H groups in total. The Hall–Kier alpha value is -0.120. The van der Waals surface area contributed by atoms with Crippen molar-refractivity contribution in [2.45, 2.75) is 19.1 Å². The molecule has 1 rings (SSSR count). The van der Waals surface area contributed by atoms with Crippen molar-refractivity contribution in [1.29, 1.82) is 0 Å². The molecule has 0 aromatic rings. The minimum Gasteiger partial charge on any atom is -0.391 e. The van der Waals surface area contributed by atoms with E-state index in [0.717, 1.165) is 6.61 Å². The van der Waals surface area contributed by atoms with E-state index in [2.05, 4.69) is 0 Å². The first-order chi connectivity index (χ1) is 4.29. The van der Waals surface area contributed by atoms with Gasteiger partial charge in [-0.1, -0.05) is 0 Å². The molecule has 0 radical (unpaired) electrons. The van der Waals surface area contributed by atoms with Gasteiger partial charge in [0.2, 0.25) is 0 Å². The first-order valence-electron chi connectivity index (χ1n) is 3.16. The van der Waals surface area contributed by atoms with Crippen molar-refractivity contribution in [3.05, 3.63) is 0 Å². The fourth-order valence-corrected chi connectivity index (χ4v) is 0.534. The molecule has 1 saturated heterocycles. The lowest BCUT2D eigenvalue weighted by molar-refractivity contribution is 0.0392. The molecule has 0 bridgehead atoms. The van der Waals surface area contributed by atoms with Crippen LogP contribution in [-0.2, 0) is 9.47 Å². The summed E-state index contributed by atoms with van der Waals surface area (Å²) < 4.78 is 9.93. The molecule has 0 spiro atoms. The summed E-state index contributed by atoms with van der Waals surface area (Å²) in [5, 5.41) is 8.72. The van der Waals surface area contributed by atoms with Gasteiger partial charge in [0, 0.05) is 0 Å². The van der Waals surface area contributed by atoms with E-state index in [1.54, 1.807) is 6.92 Å². The number of hydrogen-bond acceptors (Lipinski definition) is 3. The van der Waals surface area contributed by atoms with Gasteiger partial charge in [-0.05, 0) is 6.92 Å². The summed E-state index contributed by atoms with van der Waals surface area (Å²) in [6.07, 6.45) is -0.0486. The van der Waals surface area contributed by atoms with Crippen molar-refractivity contribution >= 4 is 0 Å². The second-order valence-corrected chi connectivity index (χ2v) is 2.34. The Morgan fingerprint density at radius 3 is 3.00 bits per heavy atom. The van der Waals surface area contributed by atoms with Crippen molar-refractivity contribution in [2.75, 3.05) is 19.8 Å². The number of aliphatic hydroxyl groups is 1. The fraction of sp³-hybridized carbons (Fsp3) is 1.00. The van der Waals surface area contributed by atoms with Crippen molar-refractivity contribution < 1.29 is 14.6 Å². The summed E-state index contributed by atoms with van der Waals surface area (Å²) in [5.41, 5.74) is 0. The van der Waals surface area contributed by atoms with E-state index in [4.69, 9.17) is 14.6 Å². The summed E-state index contributed by atoms with van der Waals surface area (Å²) in [4.78, 5) is 0. The molecule has 0 saturated carbocycles. The normalized spacial score (nSPS) is 28.0. The van der Waals surface area contributed by atoms with Gasteiger partial charge in [-0.2, -0.15) is 0 Å². The van der Waals surface area contributed by atoms with Crippen molar-refractivity contribution in [1.82, 2.24) is 0 Å². The average Bonchev–Trinajstić information content (AvgIpc) is 2.48. The molecule has 1 fully saturated rings. The molecule has 0 amide bonds. The minimum absolute atomic E-state index is 0.309. The predicted molar refractivity (Wildman–Crippen MR) is 32.2 cm³/mol. The van der Waals surface area contributed by atoms with Crippen LogP contribution < -0.4 is 0 Å². The summed E-state index contributed by atoms with van der Waals surface area (Å²) in [7, 11) is 0. The molecule has 1 aliphatic heterocycles. The monoisotopic (exact) mass is 132 g/mol. The highest BCUT2D eigenvalue weighted by atomic mass is 16.6. The topological polar surface area (TPSA) is 42.0 Å². The van der Waals surface area contributed by atoms with Crippen LogP contribution in [0.1, 0.15) is 6.92 Å². The lowest BCUT2D eigenvalue weighted by atomic mass is 10.4. The smallest absolute Gasteiger partial charge is 0.104 e. The molecule has 3 heteroatoms. The van der Waals surface area contributed by atoms with E-state index in [1.165, 1.54) is 0 Å². The molecule has 2 atom stereocenters. The van der Waals surface area contributed by atoms with Crippen LogP contribution in [-0.4, -0.2) is 37.1 Å². The summed E-state index contributed by atoms with van der Waals surface area (Å²) >= 11 is 0. The molecular weight excluding hydrogens is 120 g/mol. The summed E-state index contributed by atoms with van der Waals surface area (Å²) in [6, 6.07) is 0. The highest BCUT2D eigenvalue weighted by Gasteiger charge is 2.22. The van der Waals surface area contributed by atoms with Crippen LogP contribution in [0.2, 0.25) is 0 Å². The molecule has 3 nitrogen and oxygen atoms in total. The molecule has 1 aliphatic rings. The number of rotatable bonds is 4. The van der Waals surface area contributed by atoms with Crippen LogP contribution in [0.3, 0.4) is 0 Å². The quantitative estimate of drug-likeness (QED) is 0.538. The molecule has 0 aromatic carbocycles. The molecule has 0 aromatic heterocycles. The minimum atomic E-state index is -0.358. The predicted octanol–water partition coefficient (Wildman–Crippen LogP) is -0.217. The molecule has 1 heterocycles. The molecule has 0 aliphatic carbocycles. The zero-order valence-electron chi connectivity index (χ0n) is 5.54. The van der Waals surface area contributed by atoms with Crippen LogP contribution in [0.5, 0.6) is 0 Å². The Morgan fingerprint density at radius 1 is 1.89 bits per heavy atom. The maximum atomic E-state index is 8.72. The van der Waals surface area contributed by atoms with Crippen molar-refractivity contribution in [3.63, 3.8) is 0 Å². The van der Waals surface area contributed by atoms with Crippen molar-refractivity contribution in [3.8, 4) is 0 Å². The third-order valence-electron chi connectivity index (χ3n) is 1.07. The van der Waals surface area contributed by atoms with E-state index in [1.807, 2.05) is 0 Å². The third-order valence-corrected chi connectivity index (χ3v) is 1.07. The average molecular weight is 132 g/mol. The SMILES string of the molecule is CC(O)COC[C@H]1CO1. The fourth-order valence-electron chi connectivity index (χ4n) is 0.534. The van der Waals surface area contributed by atoms with Crippen LogP contribution >= 0.6 is 0 Å². The van der Waals surface area contributed by atoms with Gasteiger partial charge in [0.1, 0.15) is 6.10 Å². The Morgan fingerprint density at radius 2 is 2.56 bits per heavy atom. The summed E-state index contributed by atoms with van der Waals surface area (Å²) in [5.74, 6) is 0. The number of hydrogen-bond donors (Lipinski definition) is 1. The lowest BCUT2D eigenvalue weighted by Gasteiger charge is -2.02. The molecule has 1 unspecified atom stereocenters. The van der Waals surface area contributed by atoms with Gasteiger partial charge in [0.25, 0.3) is 0 Å². The van der Waals surface area contributed by atoms with E-state index in [-0.39, 0.29) is 6.10 Å². The highest BCUT2D eigenvalue weighted by Crippen LogP contribution is 2.08. The van der Waals surface area contributed by atoms with Crippen LogP contribution in [0.4, 0.5) is 0 Å². The third kappa shape index (κ3) is 3.46. The summed E-state index contributed by atoms with van der Waals surface area (Å²) in [6.45, 7) is 3.57. The zero-order chi connectivity index (χ0) is 6.69. The van der Waals surface area contributed by atoms with Crippen LogP contribution in [0, 0.1) is 0 Å². The largest absolute Gasteiger partial charge is 0.391 e. The Balaban J connectivity index is 1.81. The van der Waals surface area contributed by atoms with Crippen LogP contribution in [0.15, 0.2) is 0 Å². The van der Waals surface area contributed by atoms with E-state index in [9.17, 15) is 0 Å². The van der Waals surface area contributed by atoms with E-state index < -0.39 is 0 Å². The van der Waals surface area contributed by atoms with Gasteiger partial charge < -0.3 is 14.6 Å². The van der Waals surface area contributed by atoms with Crippen molar-refractivity contribution in [2.24, 2.45) is 0 Å². The zero-order valence-corrected chi connectivity index (χ0v) is 5.54. The molecular formula is C6H12O3. The maximum absolute atomic E-state index is 8.72.